The number of hydrogen-bond acceptors (Lipinski definition) is 3. The lowest BCUT2D eigenvalue weighted by Crippen LogP contribution is -2.05. The zero-order valence-electron chi connectivity index (χ0n) is 7.22. The molecule has 0 aromatic carbocycles. The van der Waals surface area contributed by atoms with E-state index in [2.05, 4.69) is 0 Å². The van der Waals surface area contributed by atoms with Crippen LogP contribution in [0.25, 0.3) is 0 Å². The predicted octanol–water partition coefficient (Wildman–Crippen LogP) is 1.96. The van der Waals surface area contributed by atoms with Gasteiger partial charge in [0.05, 0.1) is 0 Å². The van der Waals surface area contributed by atoms with Crippen molar-refractivity contribution >= 4 is 0 Å². The Balaban J connectivity index is 0. The van der Waals surface area contributed by atoms with Gasteiger partial charge in [-0.3, -0.25) is 0 Å². The third-order valence-corrected chi connectivity index (χ3v) is 1.15. The minimum atomic E-state index is 0. The average molecular weight is 149 g/mol. The summed E-state index contributed by atoms with van der Waals surface area (Å²) in [4.78, 5) is 0. The number of hydrogen-bond donors (Lipinski definition) is 1. The van der Waals surface area contributed by atoms with Crippen LogP contribution in [0.2, 0.25) is 0 Å². The Morgan fingerprint density at radius 3 is 2.20 bits per heavy atom. The molecule has 1 unspecified atom stereocenters. The first-order valence-corrected chi connectivity index (χ1v) is 3.58. The summed E-state index contributed by atoms with van der Waals surface area (Å²) in [5, 5.41) is 0. The lowest BCUT2D eigenvalue weighted by atomic mass is 10.4. The number of rotatable bonds is 1. The molecule has 0 aromatic rings. The lowest BCUT2D eigenvalue weighted by Gasteiger charge is -2.03. The van der Waals surface area contributed by atoms with Gasteiger partial charge in [0.15, 0.2) is 6.29 Å². The van der Waals surface area contributed by atoms with Gasteiger partial charge in [0.2, 0.25) is 0 Å². The van der Waals surface area contributed by atoms with Crippen molar-refractivity contribution in [2.75, 3.05) is 13.7 Å². The first kappa shape index (κ1) is 12.5. The Morgan fingerprint density at radius 2 is 2.00 bits per heavy atom. The van der Waals surface area contributed by atoms with Crippen molar-refractivity contribution in [2.24, 2.45) is 0 Å². The molecule has 0 bridgehead atoms. The number of methoxy groups -OCH3 is 1. The van der Waals surface area contributed by atoms with E-state index in [0.717, 1.165) is 19.4 Å². The molecule has 1 fully saturated rings. The molecular weight excluding hydrogens is 130 g/mol. The average Bonchev–Trinajstić information content (AvgIpc) is 2.43. The quantitative estimate of drug-likeness (QED) is 0.620. The van der Waals surface area contributed by atoms with Gasteiger partial charge in [0, 0.05) is 20.1 Å². The molecular formula is C7H19NO2. The molecule has 0 aromatic heterocycles. The van der Waals surface area contributed by atoms with Crippen LogP contribution in [0.5, 0.6) is 0 Å². The van der Waals surface area contributed by atoms with E-state index in [1.165, 1.54) is 0 Å². The Kier molecular flexibility index (Phi) is 11.1. The second-order valence-corrected chi connectivity index (χ2v) is 1.68. The molecule has 0 radical (unpaired) electrons. The van der Waals surface area contributed by atoms with Crippen molar-refractivity contribution in [3.05, 3.63) is 0 Å². The van der Waals surface area contributed by atoms with E-state index in [9.17, 15) is 0 Å². The Bertz CT molecular complexity index is 53.6. The van der Waals surface area contributed by atoms with Gasteiger partial charge in [-0.2, -0.15) is 0 Å². The van der Waals surface area contributed by atoms with Gasteiger partial charge in [-0.15, -0.1) is 0 Å². The predicted molar refractivity (Wildman–Crippen MR) is 42.4 cm³/mol. The lowest BCUT2D eigenvalue weighted by molar-refractivity contribution is -0.0880. The van der Waals surface area contributed by atoms with E-state index in [4.69, 9.17) is 9.47 Å². The molecule has 10 heavy (non-hydrogen) atoms. The normalized spacial score (nSPS) is 22.5. The second-order valence-electron chi connectivity index (χ2n) is 1.68. The van der Waals surface area contributed by atoms with Crippen LogP contribution >= 0.6 is 0 Å². The van der Waals surface area contributed by atoms with Gasteiger partial charge in [-0.05, 0) is 6.42 Å². The maximum Gasteiger partial charge on any atom is 0.157 e. The Labute approximate surface area is 63.3 Å². The fraction of sp³-hybridized carbons (Fsp3) is 1.00. The Hall–Kier alpha value is -0.120. The molecule has 0 amide bonds. The minimum absolute atomic E-state index is 0. The summed E-state index contributed by atoms with van der Waals surface area (Å²) >= 11 is 0. The molecule has 1 heterocycles. The van der Waals surface area contributed by atoms with Crippen molar-refractivity contribution in [3.63, 3.8) is 0 Å². The van der Waals surface area contributed by atoms with Crippen LogP contribution in [0.15, 0.2) is 0 Å². The highest BCUT2D eigenvalue weighted by atomic mass is 16.7. The van der Waals surface area contributed by atoms with E-state index in [1.807, 2.05) is 13.8 Å². The van der Waals surface area contributed by atoms with Crippen molar-refractivity contribution < 1.29 is 9.47 Å². The van der Waals surface area contributed by atoms with Gasteiger partial charge < -0.3 is 15.6 Å². The van der Waals surface area contributed by atoms with Crippen LogP contribution in [0.3, 0.4) is 0 Å². The van der Waals surface area contributed by atoms with E-state index >= 15 is 0 Å². The summed E-state index contributed by atoms with van der Waals surface area (Å²) < 4.78 is 9.97. The molecule has 0 spiro atoms. The second kappa shape index (κ2) is 8.88. The summed E-state index contributed by atoms with van der Waals surface area (Å²) in [6.45, 7) is 4.87. The molecule has 1 rings (SSSR count). The summed E-state index contributed by atoms with van der Waals surface area (Å²) in [6, 6.07) is 0. The van der Waals surface area contributed by atoms with E-state index in [1.54, 1.807) is 7.11 Å². The summed E-state index contributed by atoms with van der Waals surface area (Å²) in [7, 11) is 1.68. The largest absolute Gasteiger partial charge is 0.356 e. The maximum absolute atomic E-state index is 5.08. The molecule has 3 nitrogen and oxygen atoms in total. The molecule has 3 N–H and O–H groups in total. The van der Waals surface area contributed by atoms with Crippen LogP contribution in [0, 0.1) is 0 Å². The van der Waals surface area contributed by atoms with Crippen molar-refractivity contribution in [1.29, 1.82) is 0 Å². The van der Waals surface area contributed by atoms with Gasteiger partial charge in [-0.1, -0.05) is 13.8 Å². The van der Waals surface area contributed by atoms with Crippen LogP contribution in [0.1, 0.15) is 26.7 Å². The highest BCUT2D eigenvalue weighted by Gasteiger charge is 2.12. The van der Waals surface area contributed by atoms with Crippen LogP contribution in [-0.2, 0) is 9.47 Å². The van der Waals surface area contributed by atoms with Crippen molar-refractivity contribution in [1.82, 2.24) is 6.15 Å². The van der Waals surface area contributed by atoms with Crippen molar-refractivity contribution in [2.45, 2.75) is 33.0 Å². The summed E-state index contributed by atoms with van der Waals surface area (Å²) in [6.07, 6.45) is 2.31. The van der Waals surface area contributed by atoms with Gasteiger partial charge in [0.25, 0.3) is 0 Å². The summed E-state index contributed by atoms with van der Waals surface area (Å²) in [5.74, 6) is 0. The molecule has 1 saturated heterocycles. The van der Waals surface area contributed by atoms with Gasteiger partial charge in [-0.25, -0.2) is 0 Å². The van der Waals surface area contributed by atoms with Gasteiger partial charge >= 0.3 is 0 Å². The van der Waals surface area contributed by atoms with E-state index in [-0.39, 0.29) is 12.4 Å². The third kappa shape index (κ3) is 4.73. The van der Waals surface area contributed by atoms with Gasteiger partial charge in [0.1, 0.15) is 0 Å². The molecule has 64 valence electrons. The highest BCUT2D eigenvalue weighted by molar-refractivity contribution is 4.52. The topological polar surface area (TPSA) is 53.5 Å². The monoisotopic (exact) mass is 149 g/mol. The zero-order chi connectivity index (χ0) is 7.11. The van der Waals surface area contributed by atoms with E-state index in [0.29, 0.717) is 0 Å². The first-order chi connectivity index (χ1) is 4.43. The first-order valence-electron chi connectivity index (χ1n) is 3.58. The zero-order valence-corrected chi connectivity index (χ0v) is 7.22. The molecule has 0 saturated carbocycles. The fourth-order valence-corrected chi connectivity index (χ4v) is 0.734. The fourth-order valence-electron chi connectivity index (χ4n) is 0.734. The Morgan fingerprint density at radius 1 is 1.40 bits per heavy atom. The molecule has 1 atom stereocenters. The smallest absolute Gasteiger partial charge is 0.157 e. The van der Waals surface area contributed by atoms with Crippen LogP contribution in [-0.4, -0.2) is 20.0 Å². The summed E-state index contributed by atoms with van der Waals surface area (Å²) in [5.41, 5.74) is 0. The van der Waals surface area contributed by atoms with Crippen molar-refractivity contribution in [3.8, 4) is 0 Å². The molecule has 0 aliphatic carbocycles. The molecule has 1 aliphatic rings. The molecule has 3 heteroatoms. The third-order valence-electron chi connectivity index (χ3n) is 1.15. The van der Waals surface area contributed by atoms with E-state index < -0.39 is 0 Å². The maximum atomic E-state index is 5.08. The number of ether oxygens (including phenoxy) is 2. The van der Waals surface area contributed by atoms with Crippen LogP contribution in [0.4, 0.5) is 0 Å². The van der Waals surface area contributed by atoms with Crippen LogP contribution < -0.4 is 6.15 Å². The minimum Gasteiger partial charge on any atom is -0.356 e. The molecule has 1 aliphatic heterocycles. The standard InChI is InChI=1S/C5H10O2.C2H6.H3N/c1-6-5-3-2-4-7-5;1-2;/h5H,2-4H2,1H3;1-2H3;1H3. The SMILES string of the molecule is CC.COC1CCCO1.N. The highest BCUT2D eigenvalue weighted by Crippen LogP contribution is 2.10.